The van der Waals surface area contributed by atoms with E-state index in [1.165, 1.54) is 12.1 Å². The lowest BCUT2D eigenvalue weighted by atomic mass is 10.1. The van der Waals surface area contributed by atoms with Crippen molar-refractivity contribution in [2.24, 2.45) is 0 Å². The molecule has 0 aliphatic carbocycles. The Balaban J connectivity index is 2.39. The Morgan fingerprint density at radius 1 is 1.42 bits per heavy atom. The number of benzene rings is 1. The van der Waals surface area contributed by atoms with Crippen molar-refractivity contribution in [3.63, 3.8) is 0 Å². The number of aliphatic hydroxyl groups excluding tert-OH is 1. The summed E-state index contributed by atoms with van der Waals surface area (Å²) in [6.07, 6.45) is -0.135. The van der Waals surface area contributed by atoms with Crippen LogP contribution in [0.4, 0.5) is 5.69 Å². The quantitative estimate of drug-likeness (QED) is 0.680. The first-order chi connectivity index (χ1) is 9.02. The molecule has 0 amide bonds. The first-order valence-corrected chi connectivity index (χ1v) is 6.12. The van der Waals surface area contributed by atoms with Crippen LogP contribution in [0.3, 0.4) is 0 Å². The number of furan rings is 1. The van der Waals surface area contributed by atoms with Crippen LogP contribution in [0.1, 0.15) is 25.2 Å². The maximum atomic E-state index is 10.8. The normalized spacial score (nSPS) is 12.4. The van der Waals surface area contributed by atoms with Gasteiger partial charge in [-0.3, -0.25) is 10.1 Å². The molecule has 0 spiro atoms. The molecule has 0 saturated carbocycles. The minimum absolute atomic E-state index is 0.0779. The monoisotopic (exact) mass is 281 g/mol. The molecule has 2 aromatic rings. The summed E-state index contributed by atoms with van der Waals surface area (Å²) in [6, 6.07) is 7.76. The van der Waals surface area contributed by atoms with E-state index >= 15 is 0 Å². The van der Waals surface area contributed by atoms with Gasteiger partial charge >= 0.3 is 0 Å². The van der Waals surface area contributed by atoms with Crippen LogP contribution in [0.15, 0.2) is 34.7 Å². The van der Waals surface area contributed by atoms with Crippen molar-refractivity contribution in [1.29, 1.82) is 0 Å². The topological polar surface area (TPSA) is 76.5 Å². The van der Waals surface area contributed by atoms with Crippen LogP contribution in [0.25, 0.3) is 11.3 Å². The highest BCUT2D eigenvalue weighted by molar-refractivity contribution is 6.32. The van der Waals surface area contributed by atoms with Crippen LogP contribution >= 0.6 is 11.6 Å². The lowest BCUT2D eigenvalue weighted by Crippen LogP contribution is -1.91. The van der Waals surface area contributed by atoms with Crippen molar-refractivity contribution < 1.29 is 14.4 Å². The van der Waals surface area contributed by atoms with Gasteiger partial charge in [0.05, 0.1) is 4.92 Å². The van der Waals surface area contributed by atoms with E-state index in [2.05, 4.69) is 0 Å². The number of halogens is 1. The number of hydrogen-bond donors (Lipinski definition) is 1. The predicted octanol–water partition coefficient (Wildman–Crippen LogP) is 3.95. The second kappa shape index (κ2) is 5.42. The van der Waals surface area contributed by atoms with E-state index in [4.69, 9.17) is 16.0 Å². The third-order valence-corrected chi connectivity index (χ3v) is 3.09. The summed E-state index contributed by atoms with van der Waals surface area (Å²) in [4.78, 5) is 10.3. The number of nitro benzene ring substituents is 1. The van der Waals surface area contributed by atoms with Gasteiger partial charge in [-0.15, -0.1) is 0 Å². The SMILES string of the molecule is CCC(O)c1ccc(-c2ccc(Cl)c([N+](=O)[O-])c2)o1. The summed E-state index contributed by atoms with van der Waals surface area (Å²) in [5.74, 6) is 0.900. The summed E-state index contributed by atoms with van der Waals surface area (Å²) in [6.45, 7) is 1.83. The fraction of sp³-hybridized carbons (Fsp3) is 0.231. The first-order valence-electron chi connectivity index (χ1n) is 5.75. The first kappa shape index (κ1) is 13.6. The Morgan fingerprint density at radius 3 is 2.79 bits per heavy atom. The van der Waals surface area contributed by atoms with Gasteiger partial charge in [0.25, 0.3) is 5.69 Å². The van der Waals surface area contributed by atoms with E-state index in [1.54, 1.807) is 18.2 Å². The number of hydrogen-bond acceptors (Lipinski definition) is 4. The van der Waals surface area contributed by atoms with Crippen LogP contribution in [-0.2, 0) is 0 Å². The zero-order chi connectivity index (χ0) is 14.0. The van der Waals surface area contributed by atoms with Crippen molar-refractivity contribution in [3.8, 4) is 11.3 Å². The summed E-state index contributed by atoms with van der Waals surface area (Å²) in [5.41, 5.74) is 0.374. The van der Waals surface area contributed by atoms with Crippen LogP contribution in [0.2, 0.25) is 5.02 Å². The maximum Gasteiger partial charge on any atom is 0.288 e. The Hall–Kier alpha value is -1.85. The second-order valence-electron chi connectivity index (χ2n) is 4.05. The average Bonchev–Trinajstić information content (AvgIpc) is 2.87. The molecule has 0 aliphatic heterocycles. The van der Waals surface area contributed by atoms with E-state index in [1.807, 2.05) is 6.92 Å². The molecule has 1 aromatic heterocycles. The molecule has 1 unspecified atom stereocenters. The lowest BCUT2D eigenvalue weighted by Gasteiger charge is -2.03. The second-order valence-corrected chi connectivity index (χ2v) is 4.46. The lowest BCUT2D eigenvalue weighted by molar-refractivity contribution is -0.384. The maximum absolute atomic E-state index is 10.8. The molecule has 1 N–H and O–H groups in total. The molecule has 6 heteroatoms. The summed E-state index contributed by atoms with van der Waals surface area (Å²) in [5, 5.41) is 20.5. The highest BCUT2D eigenvalue weighted by Crippen LogP contribution is 2.32. The number of nitro groups is 1. The number of nitrogens with zero attached hydrogens (tertiary/aromatic N) is 1. The predicted molar refractivity (Wildman–Crippen MR) is 71.1 cm³/mol. The Morgan fingerprint density at radius 2 is 2.16 bits per heavy atom. The third kappa shape index (κ3) is 2.77. The van der Waals surface area contributed by atoms with Crippen molar-refractivity contribution >= 4 is 17.3 Å². The fourth-order valence-corrected chi connectivity index (χ4v) is 1.88. The summed E-state index contributed by atoms with van der Waals surface area (Å²) < 4.78 is 5.48. The van der Waals surface area contributed by atoms with Crippen LogP contribution < -0.4 is 0 Å². The summed E-state index contributed by atoms with van der Waals surface area (Å²) >= 11 is 5.74. The molecular weight excluding hydrogens is 270 g/mol. The van der Waals surface area contributed by atoms with Crippen molar-refractivity contribution in [2.45, 2.75) is 19.4 Å². The van der Waals surface area contributed by atoms with E-state index in [0.717, 1.165) is 0 Å². The molecule has 0 fully saturated rings. The van der Waals surface area contributed by atoms with E-state index < -0.39 is 11.0 Å². The standard InChI is InChI=1S/C13H12ClNO4/c1-2-11(16)13-6-5-12(19-13)8-3-4-9(14)10(7-8)15(17)18/h3-7,11,16H,2H2,1H3. The molecule has 1 atom stereocenters. The Kier molecular flexibility index (Phi) is 3.87. The Labute approximate surface area is 114 Å². The minimum atomic E-state index is -0.670. The summed E-state index contributed by atoms with van der Waals surface area (Å²) in [7, 11) is 0. The van der Waals surface area contributed by atoms with Gasteiger partial charge in [-0.2, -0.15) is 0 Å². The van der Waals surface area contributed by atoms with Crippen LogP contribution in [0, 0.1) is 10.1 Å². The van der Waals surface area contributed by atoms with Gasteiger partial charge < -0.3 is 9.52 Å². The molecule has 1 aromatic carbocycles. The van der Waals surface area contributed by atoms with Crippen LogP contribution in [0.5, 0.6) is 0 Å². The van der Waals surface area contributed by atoms with Crippen LogP contribution in [-0.4, -0.2) is 10.0 Å². The highest BCUT2D eigenvalue weighted by Gasteiger charge is 2.16. The molecular formula is C13H12ClNO4. The minimum Gasteiger partial charge on any atom is -0.458 e. The average molecular weight is 282 g/mol. The molecule has 0 saturated heterocycles. The zero-order valence-electron chi connectivity index (χ0n) is 10.2. The van der Waals surface area contributed by atoms with Crippen molar-refractivity contribution in [3.05, 3.63) is 51.2 Å². The van der Waals surface area contributed by atoms with E-state index in [-0.39, 0.29) is 10.7 Å². The van der Waals surface area contributed by atoms with Crippen molar-refractivity contribution in [1.82, 2.24) is 0 Å². The van der Waals surface area contributed by atoms with Gasteiger partial charge in [0.15, 0.2) is 0 Å². The van der Waals surface area contributed by atoms with Gasteiger partial charge in [-0.25, -0.2) is 0 Å². The molecule has 100 valence electrons. The number of rotatable bonds is 4. The molecule has 0 aliphatic rings. The number of aliphatic hydroxyl groups is 1. The molecule has 2 rings (SSSR count). The molecule has 0 bridgehead atoms. The van der Waals surface area contributed by atoms with Crippen molar-refractivity contribution in [2.75, 3.05) is 0 Å². The van der Waals surface area contributed by atoms with Gasteiger partial charge in [-0.1, -0.05) is 18.5 Å². The highest BCUT2D eigenvalue weighted by atomic mass is 35.5. The van der Waals surface area contributed by atoms with E-state index in [0.29, 0.717) is 23.5 Å². The third-order valence-electron chi connectivity index (χ3n) is 2.77. The fourth-order valence-electron chi connectivity index (χ4n) is 1.69. The van der Waals surface area contributed by atoms with Gasteiger partial charge in [0, 0.05) is 11.6 Å². The Bertz CT molecular complexity index is 608. The molecule has 19 heavy (non-hydrogen) atoms. The van der Waals surface area contributed by atoms with E-state index in [9.17, 15) is 15.2 Å². The molecule has 5 nitrogen and oxygen atoms in total. The van der Waals surface area contributed by atoms with Gasteiger partial charge in [0.2, 0.25) is 0 Å². The largest absolute Gasteiger partial charge is 0.458 e. The van der Waals surface area contributed by atoms with Gasteiger partial charge in [-0.05, 0) is 30.7 Å². The zero-order valence-corrected chi connectivity index (χ0v) is 10.9. The molecule has 1 heterocycles. The van der Waals surface area contributed by atoms with Gasteiger partial charge in [0.1, 0.15) is 22.6 Å². The smallest absolute Gasteiger partial charge is 0.288 e. The molecule has 0 radical (unpaired) electrons.